The lowest BCUT2D eigenvalue weighted by Crippen LogP contribution is -2.06. The van der Waals surface area contributed by atoms with Crippen molar-refractivity contribution in [3.8, 4) is 11.8 Å². The first-order valence-corrected chi connectivity index (χ1v) is 5.44. The van der Waals surface area contributed by atoms with E-state index in [0.29, 0.717) is 5.56 Å². The van der Waals surface area contributed by atoms with Crippen LogP contribution in [0.15, 0.2) is 12.3 Å². The minimum absolute atomic E-state index is 0.123. The third-order valence-corrected chi connectivity index (χ3v) is 2.28. The molecule has 0 saturated carbocycles. The second-order valence-corrected chi connectivity index (χ2v) is 3.57. The Morgan fingerprint density at radius 2 is 2.41 bits per heavy atom. The Morgan fingerprint density at radius 3 is 3.06 bits per heavy atom. The molecule has 0 aliphatic heterocycles. The third-order valence-electron chi connectivity index (χ3n) is 1.98. The smallest absolute Gasteiger partial charge is 0.341 e. The highest BCUT2D eigenvalue weighted by Crippen LogP contribution is 2.14. The van der Waals surface area contributed by atoms with Gasteiger partial charge in [-0.1, -0.05) is 23.4 Å². The molecular formula is C12H13ClN2O2. The summed E-state index contributed by atoms with van der Waals surface area (Å²) < 4.78 is 4.59. The molecule has 0 aliphatic rings. The van der Waals surface area contributed by atoms with Crippen LogP contribution in [0.4, 0.5) is 0 Å². The number of nitrogens with zero attached hydrogens (tertiary/aromatic N) is 1. The van der Waals surface area contributed by atoms with Gasteiger partial charge in [0.2, 0.25) is 0 Å². The molecule has 0 bridgehead atoms. The van der Waals surface area contributed by atoms with E-state index in [9.17, 15) is 4.79 Å². The Morgan fingerprint density at radius 1 is 1.65 bits per heavy atom. The predicted octanol–water partition coefficient (Wildman–Crippen LogP) is 1.48. The maximum Gasteiger partial charge on any atom is 0.341 e. The highest BCUT2D eigenvalue weighted by molar-refractivity contribution is 6.32. The van der Waals surface area contributed by atoms with E-state index >= 15 is 0 Å². The van der Waals surface area contributed by atoms with Crippen molar-refractivity contribution in [3.05, 3.63) is 28.5 Å². The van der Waals surface area contributed by atoms with E-state index in [4.69, 9.17) is 11.6 Å². The number of pyridine rings is 1. The summed E-state index contributed by atoms with van der Waals surface area (Å²) >= 11 is 5.78. The van der Waals surface area contributed by atoms with Crippen molar-refractivity contribution in [2.75, 3.05) is 20.7 Å². The number of halogens is 1. The summed E-state index contributed by atoms with van der Waals surface area (Å²) in [5.74, 6) is 5.35. The van der Waals surface area contributed by atoms with Crippen LogP contribution in [-0.2, 0) is 4.74 Å². The van der Waals surface area contributed by atoms with Crippen LogP contribution in [0.3, 0.4) is 0 Å². The van der Waals surface area contributed by atoms with Gasteiger partial charge < -0.3 is 10.1 Å². The number of methoxy groups -OCH3 is 1. The van der Waals surface area contributed by atoms with Crippen LogP contribution in [0.2, 0.25) is 5.15 Å². The van der Waals surface area contributed by atoms with Gasteiger partial charge in [0.15, 0.2) is 0 Å². The van der Waals surface area contributed by atoms with Crippen molar-refractivity contribution in [2.45, 2.75) is 6.42 Å². The van der Waals surface area contributed by atoms with E-state index < -0.39 is 5.97 Å². The minimum Gasteiger partial charge on any atom is -0.465 e. The van der Waals surface area contributed by atoms with Crippen molar-refractivity contribution in [3.63, 3.8) is 0 Å². The van der Waals surface area contributed by atoms with Crippen LogP contribution in [0.25, 0.3) is 0 Å². The van der Waals surface area contributed by atoms with Crippen LogP contribution in [0, 0.1) is 11.8 Å². The topological polar surface area (TPSA) is 51.2 Å². The van der Waals surface area contributed by atoms with Gasteiger partial charge in [0.1, 0.15) is 5.15 Å². The van der Waals surface area contributed by atoms with E-state index in [-0.39, 0.29) is 10.7 Å². The molecule has 1 N–H and O–H groups in total. The lowest BCUT2D eigenvalue weighted by molar-refractivity contribution is 0.0600. The number of esters is 1. The molecule has 1 aromatic heterocycles. The summed E-state index contributed by atoms with van der Waals surface area (Å²) in [5, 5.41) is 3.11. The molecule has 1 aromatic rings. The van der Waals surface area contributed by atoms with E-state index in [1.165, 1.54) is 13.3 Å². The molecule has 17 heavy (non-hydrogen) atoms. The van der Waals surface area contributed by atoms with Gasteiger partial charge in [0.05, 0.1) is 12.7 Å². The third kappa shape index (κ3) is 4.06. The summed E-state index contributed by atoms with van der Waals surface area (Å²) in [6.07, 6.45) is 2.26. The van der Waals surface area contributed by atoms with E-state index in [0.717, 1.165) is 13.0 Å². The average molecular weight is 253 g/mol. The van der Waals surface area contributed by atoms with Crippen molar-refractivity contribution >= 4 is 17.6 Å². The standard InChI is InChI=1S/C12H13ClN2O2/c1-14-6-4-3-5-9-7-10(12(16)17-2)11(13)15-8-9/h7-8,14H,4,6H2,1-2H3. The lowest BCUT2D eigenvalue weighted by Gasteiger charge is -2.01. The molecule has 4 nitrogen and oxygen atoms in total. The van der Waals surface area contributed by atoms with Crippen molar-refractivity contribution in [1.82, 2.24) is 10.3 Å². The van der Waals surface area contributed by atoms with Crippen molar-refractivity contribution in [2.24, 2.45) is 0 Å². The van der Waals surface area contributed by atoms with Crippen LogP contribution in [0.1, 0.15) is 22.3 Å². The van der Waals surface area contributed by atoms with Crippen molar-refractivity contribution < 1.29 is 9.53 Å². The molecule has 1 heterocycles. The molecule has 0 saturated heterocycles. The van der Waals surface area contributed by atoms with Crippen LogP contribution in [-0.4, -0.2) is 31.7 Å². The first-order valence-electron chi connectivity index (χ1n) is 5.06. The second-order valence-electron chi connectivity index (χ2n) is 3.21. The number of hydrogen-bond acceptors (Lipinski definition) is 4. The first kappa shape index (κ1) is 13.5. The molecule has 5 heteroatoms. The zero-order valence-corrected chi connectivity index (χ0v) is 10.5. The Balaban J connectivity index is 2.87. The minimum atomic E-state index is -0.513. The molecule has 0 aromatic carbocycles. The molecule has 1 rings (SSSR count). The van der Waals surface area contributed by atoms with E-state index in [2.05, 4.69) is 26.9 Å². The monoisotopic (exact) mass is 252 g/mol. The fourth-order valence-electron chi connectivity index (χ4n) is 1.12. The van der Waals surface area contributed by atoms with Crippen LogP contribution < -0.4 is 5.32 Å². The Kier molecular flexibility index (Phi) is 5.47. The fourth-order valence-corrected chi connectivity index (χ4v) is 1.30. The van der Waals surface area contributed by atoms with Gasteiger partial charge in [-0.3, -0.25) is 0 Å². The molecule has 0 amide bonds. The second kappa shape index (κ2) is 6.89. The molecule has 90 valence electrons. The van der Waals surface area contributed by atoms with Gasteiger partial charge in [-0.2, -0.15) is 0 Å². The number of nitrogens with one attached hydrogen (secondary N) is 1. The van der Waals surface area contributed by atoms with E-state index in [1.807, 2.05) is 7.05 Å². The Hall–Kier alpha value is -1.57. The summed E-state index contributed by atoms with van der Waals surface area (Å²) in [5.41, 5.74) is 0.875. The maximum absolute atomic E-state index is 11.4. The molecule has 0 aliphatic carbocycles. The highest BCUT2D eigenvalue weighted by atomic mass is 35.5. The molecule has 0 radical (unpaired) electrons. The van der Waals surface area contributed by atoms with Crippen LogP contribution >= 0.6 is 11.6 Å². The summed E-state index contributed by atoms with van der Waals surface area (Å²) in [6, 6.07) is 1.58. The van der Waals surface area contributed by atoms with Crippen LogP contribution in [0.5, 0.6) is 0 Å². The predicted molar refractivity (Wildman–Crippen MR) is 66.0 cm³/mol. The normalized spacial score (nSPS) is 9.35. The fraction of sp³-hybridized carbons (Fsp3) is 0.333. The highest BCUT2D eigenvalue weighted by Gasteiger charge is 2.11. The van der Waals surface area contributed by atoms with Gasteiger partial charge in [-0.25, -0.2) is 9.78 Å². The summed E-state index contributed by atoms with van der Waals surface area (Å²) in [6.45, 7) is 0.817. The molecule has 0 unspecified atom stereocenters. The number of rotatable bonds is 3. The summed E-state index contributed by atoms with van der Waals surface area (Å²) in [4.78, 5) is 15.3. The first-order chi connectivity index (χ1) is 8.19. The zero-order valence-electron chi connectivity index (χ0n) is 9.71. The summed E-state index contributed by atoms with van der Waals surface area (Å²) in [7, 11) is 3.16. The Labute approximate surface area is 105 Å². The van der Waals surface area contributed by atoms with E-state index in [1.54, 1.807) is 6.07 Å². The SMILES string of the molecule is CNCCC#Cc1cnc(Cl)c(C(=O)OC)c1. The van der Waals surface area contributed by atoms with Gasteiger partial charge >= 0.3 is 5.97 Å². The number of ether oxygens (including phenoxy) is 1. The van der Waals surface area contributed by atoms with Gasteiger partial charge in [-0.05, 0) is 13.1 Å². The zero-order chi connectivity index (χ0) is 12.7. The molecule has 0 fully saturated rings. The number of hydrogen-bond donors (Lipinski definition) is 1. The van der Waals surface area contributed by atoms with Gasteiger partial charge in [-0.15, -0.1) is 0 Å². The molecular weight excluding hydrogens is 240 g/mol. The number of carbonyl (C=O) groups excluding carboxylic acids is 1. The number of aromatic nitrogens is 1. The Bertz CT molecular complexity index is 463. The van der Waals surface area contributed by atoms with Gasteiger partial charge in [0.25, 0.3) is 0 Å². The quantitative estimate of drug-likeness (QED) is 0.383. The maximum atomic E-state index is 11.4. The average Bonchev–Trinajstić information content (AvgIpc) is 2.35. The number of carbonyl (C=O) groups is 1. The largest absolute Gasteiger partial charge is 0.465 e. The van der Waals surface area contributed by atoms with Gasteiger partial charge in [0, 0.05) is 24.7 Å². The lowest BCUT2D eigenvalue weighted by atomic mass is 10.2. The van der Waals surface area contributed by atoms with Crippen molar-refractivity contribution in [1.29, 1.82) is 0 Å². The molecule has 0 atom stereocenters. The molecule has 0 spiro atoms.